The standard InChI is InChI=1S/C22H21ClF2N2O/c1-4-13(2)26-22(28)18-12-21(15-5-7-16(23)8-6-15)27(14(18)3)20-10-9-17(24)11-19(20)25/h5-13H,4H2,1-3H3,(H,26,28). The summed E-state index contributed by atoms with van der Waals surface area (Å²) in [6.07, 6.45) is 0.794. The number of nitrogens with one attached hydrogen (secondary N) is 1. The highest BCUT2D eigenvalue weighted by Crippen LogP contribution is 2.31. The molecule has 3 rings (SSSR count). The van der Waals surface area contributed by atoms with Crippen LogP contribution in [0.2, 0.25) is 5.02 Å². The quantitative estimate of drug-likeness (QED) is 0.565. The number of amides is 1. The Morgan fingerprint density at radius 3 is 2.43 bits per heavy atom. The van der Waals surface area contributed by atoms with Crippen LogP contribution in [0, 0.1) is 18.6 Å². The van der Waals surface area contributed by atoms with Crippen LogP contribution in [0.25, 0.3) is 16.9 Å². The van der Waals surface area contributed by atoms with Crippen molar-refractivity contribution >= 4 is 17.5 Å². The summed E-state index contributed by atoms with van der Waals surface area (Å²) in [7, 11) is 0. The van der Waals surface area contributed by atoms with Crippen molar-refractivity contribution in [3.8, 4) is 16.9 Å². The molecule has 6 heteroatoms. The third kappa shape index (κ3) is 3.94. The Hall–Kier alpha value is -2.66. The molecule has 1 atom stereocenters. The van der Waals surface area contributed by atoms with E-state index in [1.54, 1.807) is 41.8 Å². The van der Waals surface area contributed by atoms with Gasteiger partial charge < -0.3 is 9.88 Å². The number of nitrogens with zero attached hydrogens (tertiary/aromatic N) is 1. The number of aromatic nitrogens is 1. The summed E-state index contributed by atoms with van der Waals surface area (Å²) >= 11 is 5.99. The molecule has 146 valence electrons. The zero-order valence-corrected chi connectivity index (χ0v) is 16.6. The van der Waals surface area contributed by atoms with Gasteiger partial charge in [0.1, 0.15) is 11.6 Å². The van der Waals surface area contributed by atoms with Gasteiger partial charge in [0.25, 0.3) is 5.91 Å². The molecular formula is C22H21ClF2N2O. The number of hydrogen-bond acceptors (Lipinski definition) is 1. The molecule has 3 aromatic rings. The fourth-order valence-corrected chi connectivity index (χ4v) is 3.17. The van der Waals surface area contributed by atoms with Crippen LogP contribution in [0.5, 0.6) is 0 Å². The molecule has 2 aromatic carbocycles. The van der Waals surface area contributed by atoms with Crippen LogP contribution in [0.1, 0.15) is 36.3 Å². The zero-order valence-electron chi connectivity index (χ0n) is 15.9. The Morgan fingerprint density at radius 2 is 1.82 bits per heavy atom. The van der Waals surface area contributed by atoms with Crippen LogP contribution in [0.15, 0.2) is 48.5 Å². The average molecular weight is 403 g/mol. The lowest BCUT2D eigenvalue weighted by Gasteiger charge is -2.14. The molecule has 1 aromatic heterocycles. The van der Waals surface area contributed by atoms with E-state index >= 15 is 0 Å². The number of hydrogen-bond donors (Lipinski definition) is 1. The van der Waals surface area contributed by atoms with Crippen LogP contribution in [0.4, 0.5) is 8.78 Å². The lowest BCUT2D eigenvalue weighted by Crippen LogP contribution is -2.32. The maximum absolute atomic E-state index is 14.6. The SMILES string of the molecule is CCC(C)NC(=O)c1cc(-c2ccc(Cl)cc2)n(-c2ccc(F)cc2F)c1C. The van der Waals surface area contributed by atoms with E-state index < -0.39 is 11.6 Å². The molecule has 0 spiro atoms. The van der Waals surface area contributed by atoms with Gasteiger partial charge in [0.05, 0.1) is 16.9 Å². The molecule has 0 saturated carbocycles. The summed E-state index contributed by atoms with van der Waals surface area (Å²) in [5.74, 6) is -1.60. The number of rotatable bonds is 5. The number of carbonyl (C=O) groups is 1. The third-order valence-electron chi connectivity index (χ3n) is 4.77. The Balaban J connectivity index is 2.20. The molecule has 0 aliphatic rings. The van der Waals surface area contributed by atoms with Gasteiger partial charge in [-0.25, -0.2) is 8.78 Å². The average Bonchev–Trinajstić information content (AvgIpc) is 2.99. The van der Waals surface area contributed by atoms with Crippen LogP contribution < -0.4 is 5.32 Å². The topological polar surface area (TPSA) is 34.0 Å². The maximum atomic E-state index is 14.6. The van der Waals surface area contributed by atoms with E-state index in [0.717, 1.165) is 18.1 Å². The van der Waals surface area contributed by atoms with Crippen LogP contribution in [0.3, 0.4) is 0 Å². The number of benzene rings is 2. The zero-order chi connectivity index (χ0) is 20.4. The fraction of sp³-hybridized carbons (Fsp3) is 0.227. The van der Waals surface area contributed by atoms with Gasteiger partial charge in [0.2, 0.25) is 0 Å². The normalized spacial score (nSPS) is 12.1. The Labute approximate surface area is 168 Å². The lowest BCUT2D eigenvalue weighted by atomic mass is 10.1. The lowest BCUT2D eigenvalue weighted by molar-refractivity contribution is 0.0938. The van der Waals surface area contributed by atoms with Crippen molar-refractivity contribution in [1.82, 2.24) is 9.88 Å². The van der Waals surface area contributed by atoms with Gasteiger partial charge in [0, 0.05) is 22.8 Å². The number of halogens is 3. The molecule has 0 aliphatic carbocycles. The van der Waals surface area contributed by atoms with E-state index in [1.165, 1.54) is 12.1 Å². The van der Waals surface area contributed by atoms with Crippen LogP contribution in [-0.4, -0.2) is 16.5 Å². The Morgan fingerprint density at radius 1 is 1.14 bits per heavy atom. The first-order chi connectivity index (χ1) is 13.3. The van der Waals surface area contributed by atoms with Crippen molar-refractivity contribution in [1.29, 1.82) is 0 Å². The van der Waals surface area contributed by atoms with Gasteiger partial charge in [-0.05, 0) is 56.2 Å². The van der Waals surface area contributed by atoms with E-state index in [0.29, 0.717) is 22.0 Å². The fourth-order valence-electron chi connectivity index (χ4n) is 3.05. The molecule has 1 heterocycles. The third-order valence-corrected chi connectivity index (χ3v) is 5.02. The van der Waals surface area contributed by atoms with E-state index in [-0.39, 0.29) is 17.6 Å². The highest BCUT2D eigenvalue weighted by Gasteiger charge is 2.22. The molecule has 0 bridgehead atoms. The van der Waals surface area contributed by atoms with Crippen LogP contribution in [-0.2, 0) is 0 Å². The molecule has 1 unspecified atom stereocenters. The molecule has 28 heavy (non-hydrogen) atoms. The smallest absolute Gasteiger partial charge is 0.253 e. The van der Waals surface area contributed by atoms with Gasteiger partial charge >= 0.3 is 0 Å². The molecule has 0 aliphatic heterocycles. The van der Waals surface area contributed by atoms with Gasteiger partial charge in [-0.3, -0.25) is 4.79 Å². The molecular weight excluding hydrogens is 382 g/mol. The first-order valence-corrected chi connectivity index (χ1v) is 9.44. The second kappa shape index (κ2) is 8.15. The number of carbonyl (C=O) groups excluding carboxylic acids is 1. The predicted molar refractivity (Wildman–Crippen MR) is 108 cm³/mol. The minimum Gasteiger partial charge on any atom is -0.350 e. The highest BCUT2D eigenvalue weighted by molar-refractivity contribution is 6.30. The van der Waals surface area contributed by atoms with E-state index in [2.05, 4.69) is 5.32 Å². The van der Waals surface area contributed by atoms with Gasteiger partial charge in [0.15, 0.2) is 0 Å². The van der Waals surface area contributed by atoms with Gasteiger partial charge in [-0.2, -0.15) is 0 Å². The van der Waals surface area contributed by atoms with Crippen molar-refractivity contribution in [3.05, 3.63) is 76.4 Å². The van der Waals surface area contributed by atoms with Crippen molar-refractivity contribution in [2.45, 2.75) is 33.2 Å². The van der Waals surface area contributed by atoms with Crippen molar-refractivity contribution < 1.29 is 13.6 Å². The molecule has 0 saturated heterocycles. The molecule has 0 radical (unpaired) electrons. The first kappa shape index (κ1) is 20.1. The molecule has 1 N–H and O–H groups in total. The molecule has 0 fully saturated rings. The van der Waals surface area contributed by atoms with Crippen molar-refractivity contribution in [3.63, 3.8) is 0 Å². The summed E-state index contributed by atoms with van der Waals surface area (Å²) in [4.78, 5) is 12.8. The second-order valence-electron chi connectivity index (χ2n) is 6.75. The summed E-state index contributed by atoms with van der Waals surface area (Å²) in [5.41, 5.74) is 2.56. The first-order valence-electron chi connectivity index (χ1n) is 9.06. The van der Waals surface area contributed by atoms with Gasteiger partial charge in [-0.15, -0.1) is 0 Å². The van der Waals surface area contributed by atoms with E-state index in [9.17, 15) is 13.6 Å². The summed E-state index contributed by atoms with van der Waals surface area (Å²) in [6.45, 7) is 5.65. The monoisotopic (exact) mass is 402 g/mol. The van der Waals surface area contributed by atoms with E-state index in [4.69, 9.17) is 11.6 Å². The van der Waals surface area contributed by atoms with Gasteiger partial charge in [-0.1, -0.05) is 30.7 Å². The summed E-state index contributed by atoms with van der Waals surface area (Å²) in [6, 6.07) is 12.2. The molecule has 1 amide bonds. The summed E-state index contributed by atoms with van der Waals surface area (Å²) in [5, 5.41) is 3.51. The second-order valence-corrected chi connectivity index (χ2v) is 7.19. The predicted octanol–water partition coefficient (Wildman–Crippen LogP) is 5.91. The minimum atomic E-state index is -0.706. The molecule has 3 nitrogen and oxygen atoms in total. The van der Waals surface area contributed by atoms with Crippen molar-refractivity contribution in [2.24, 2.45) is 0 Å². The maximum Gasteiger partial charge on any atom is 0.253 e. The van der Waals surface area contributed by atoms with Crippen LogP contribution >= 0.6 is 11.6 Å². The van der Waals surface area contributed by atoms with E-state index in [1.807, 2.05) is 13.8 Å². The minimum absolute atomic E-state index is 0.0109. The highest BCUT2D eigenvalue weighted by atomic mass is 35.5. The van der Waals surface area contributed by atoms with Crippen molar-refractivity contribution in [2.75, 3.05) is 0 Å². The summed E-state index contributed by atoms with van der Waals surface area (Å²) < 4.78 is 29.6. The Kier molecular flexibility index (Phi) is 5.84. The largest absolute Gasteiger partial charge is 0.350 e. The Bertz CT molecular complexity index is 1010.